The van der Waals surface area contributed by atoms with E-state index in [-0.39, 0.29) is 20.8 Å². The van der Waals surface area contributed by atoms with E-state index in [1.54, 1.807) is 0 Å². The van der Waals surface area contributed by atoms with Crippen LogP contribution in [0.2, 0.25) is 0 Å². The van der Waals surface area contributed by atoms with Crippen molar-refractivity contribution in [2.45, 2.75) is 12.6 Å². The fraction of sp³-hybridized carbons (Fsp3) is 0.158. The summed E-state index contributed by atoms with van der Waals surface area (Å²) in [6, 6.07) is 1.16. The number of carbonyl (C=O) groups excluding carboxylic acids is 1. The van der Waals surface area contributed by atoms with Crippen LogP contribution in [0.1, 0.15) is 11.1 Å². The molecule has 3 heterocycles. The van der Waals surface area contributed by atoms with Crippen molar-refractivity contribution in [3.05, 3.63) is 71.7 Å². The van der Waals surface area contributed by atoms with Crippen LogP contribution in [0.3, 0.4) is 0 Å². The largest absolute Gasteiger partial charge is 0.750 e. The molecule has 0 saturated heterocycles. The highest BCUT2D eigenvalue weighted by Crippen LogP contribution is 2.38. The monoisotopic (exact) mass is 517 g/mol. The number of nitrogens with one attached hydrogen (secondary N) is 1. The molecule has 0 radical (unpaired) electrons. The van der Waals surface area contributed by atoms with Gasteiger partial charge in [0.25, 0.3) is 5.56 Å². The van der Waals surface area contributed by atoms with Crippen molar-refractivity contribution in [2.75, 3.05) is 5.06 Å². The van der Waals surface area contributed by atoms with Gasteiger partial charge in [0.2, 0.25) is 5.91 Å². The summed E-state index contributed by atoms with van der Waals surface area (Å²) >= 11 is 1.55. The van der Waals surface area contributed by atoms with E-state index in [4.69, 9.17) is 0 Å². The molecule has 178 valence electrons. The Hall–Kier alpha value is -3.43. The van der Waals surface area contributed by atoms with Crippen LogP contribution in [0.15, 0.2) is 32.5 Å². The molecule has 34 heavy (non-hydrogen) atoms. The fourth-order valence-corrected chi connectivity index (χ4v) is 4.81. The number of halogens is 5. The second-order valence-corrected chi connectivity index (χ2v) is 8.64. The summed E-state index contributed by atoms with van der Waals surface area (Å²) in [5.41, 5.74) is -4.33. The van der Waals surface area contributed by atoms with Crippen LogP contribution >= 0.6 is 22.7 Å². The summed E-state index contributed by atoms with van der Waals surface area (Å²) in [6.07, 6.45) is -5.84. The van der Waals surface area contributed by atoms with Crippen LogP contribution in [-0.2, 0) is 24.4 Å². The minimum absolute atomic E-state index is 0.0572. The molecule has 0 spiro atoms. The van der Waals surface area contributed by atoms with Crippen LogP contribution in [0, 0.1) is 16.8 Å². The molecule has 0 aliphatic rings. The van der Waals surface area contributed by atoms with Gasteiger partial charge in [-0.15, -0.1) is 22.7 Å². The predicted octanol–water partition coefficient (Wildman–Crippen LogP) is 3.78. The van der Waals surface area contributed by atoms with Gasteiger partial charge in [-0.3, -0.25) is 19.1 Å². The van der Waals surface area contributed by atoms with E-state index in [0.29, 0.717) is 17.4 Å². The molecule has 1 N–H and O–H groups in total. The highest BCUT2D eigenvalue weighted by molar-refractivity contribution is 7.17. The van der Waals surface area contributed by atoms with E-state index in [2.05, 4.69) is 9.97 Å². The van der Waals surface area contributed by atoms with E-state index in [9.17, 15) is 41.5 Å². The number of hydrogen-bond donors (Lipinski definition) is 1. The van der Waals surface area contributed by atoms with Gasteiger partial charge in [0.15, 0.2) is 5.13 Å². The number of H-pyrrole nitrogens is 1. The molecule has 0 atom stereocenters. The Bertz CT molecular complexity index is 1550. The van der Waals surface area contributed by atoms with E-state index >= 15 is 0 Å². The minimum atomic E-state index is -5.30. The standard InChI is InChI=1S/C19H10F5N4O4S2/c1-27-16(30)12-7(5-33-15(12)26-17(27)31)4-11(29)28(32)18-25-10(6-34-18)8-2-3-9(20)13(14(8)21)19(22,23)24/h2-3,5-6H,4H2,1H3,(H,26,31)/q-1. The van der Waals surface area contributed by atoms with E-state index < -0.39 is 63.3 Å². The number of nitrogens with zero attached hydrogens (tertiary/aromatic N) is 3. The van der Waals surface area contributed by atoms with Gasteiger partial charge in [0.1, 0.15) is 22.0 Å². The van der Waals surface area contributed by atoms with Crippen LogP contribution in [0.5, 0.6) is 0 Å². The molecule has 0 aliphatic heterocycles. The van der Waals surface area contributed by atoms with Gasteiger partial charge in [-0.05, 0) is 23.1 Å². The number of alkyl halides is 3. The van der Waals surface area contributed by atoms with Crippen molar-refractivity contribution in [3.63, 3.8) is 0 Å². The number of carbonyl (C=O) groups is 1. The summed E-state index contributed by atoms with van der Waals surface area (Å²) in [5, 5.41) is 14.4. The molecule has 0 aliphatic carbocycles. The number of thiazole rings is 1. The first-order valence-corrected chi connectivity index (χ1v) is 10.9. The maximum Gasteiger partial charge on any atom is 0.422 e. The zero-order chi connectivity index (χ0) is 24.9. The fourth-order valence-electron chi connectivity index (χ4n) is 3.12. The third-order valence-electron chi connectivity index (χ3n) is 4.80. The first-order chi connectivity index (χ1) is 15.9. The number of anilines is 1. The number of amides is 1. The molecule has 0 saturated carbocycles. The van der Waals surface area contributed by atoms with Crippen molar-refractivity contribution in [1.29, 1.82) is 0 Å². The Morgan fingerprint density at radius 2 is 1.91 bits per heavy atom. The Kier molecular flexibility index (Phi) is 5.87. The van der Waals surface area contributed by atoms with Gasteiger partial charge in [0.05, 0.1) is 17.5 Å². The van der Waals surface area contributed by atoms with Crippen molar-refractivity contribution in [3.8, 4) is 11.3 Å². The van der Waals surface area contributed by atoms with Crippen LogP contribution < -0.4 is 16.3 Å². The number of benzene rings is 1. The lowest BCUT2D eigenvalue weighted by atomic mass is 10.1. The second kappa shape index (κ2) is 8.41. The van der Waals surface area contributed by atoms with Gasteiger partial charge in [-0.25, -0.2) is 18.6 Å². The third kappa shape index (κ3) is 4.01. The molecule has 0 bridgehead atoms. The zero-order valence-corrected chi connectivity index (χ0v) is 18.3. The quantitative estimate of drug-likeness (QED) is 0.327. The van der Waals surface area contributed by atoms with Gasteiger partial charge in [-0.1, -0.05) is 0 Å². The smallest absolute Gasteiger partial charge is 0.422 e. The highest BCUT2D eigenvalue weighted by Gasteiger charge is 2.39. The van der Waals surface area contributed by atoms with Crippen molar-refractivity contribution in [1.82, 2.24) is 14.5 Å². The van der Waals surface area contributed by atoms with Gasteiger partial charge in [0, 0.05) is 18.0 Å². The lowest BCUT2D eigenvalue weighted by Crippen LogP contribution is -2.32. The molecule has 1 aromatic carbocycles. The van der Waals surface area contributed by atoms with Gasteiger partial charge in [-0.2, -0.15) is 13.2 Å². The SMILES string of the molecule is Cn1c(=O)[nH]c2scc(CC(=O)N([O-])c3nc(-c4ccc(F)c(C(F)(F)F)c4F)cs3)c2c1=O. The summed E-state index contributed by atoms with van der Waals surface area (Å²) in [5.74, 6) is -4.77. The van der Waals surface area contributed by atoms with E-state index in [1.807, 2.05) is 0 Å². The summed E-state index contributed by atoms with van der Waals surface area (Å²) in [7, 11) is 1.24. The maximum atomic E-state index is 14.4. The Balaban J connectivity index is 1.63. The van der Waals surface area contributed by atoms with E-state index in [1.165, 1.54) is 12.4 Å². The number of aromatic nitrogens is 3. The normalized spacial score (nSPS) is 11.9. The van der Waals surface area contributed by atoms with E-state index in [0.717, 1.165) is 27.4 Å². The molecular formula is C19H10F5N4O4S2-. The predicted molar refractivity (Wildman–Crippen MR) is 115 cm³/mol. The molecule has 8 nitrogen and oxygen atoms in total. The maximum absolute atomic E-state index is 14.4. The second-order valence-electron chi connectivity index (χ2n) is 6.92. The molecular weight excluding hydrogens is 507 g/mol. The number of hydrogen-bond acceptors (Lipinski definition) is 7. The molecule has 1 amide bonds. The minimum Gasteiger partial charge on any atom is -0.750 e. The first kappa shape index (κ1) is 23.7. The van der Waals surface area contributed by atoms with Crippen LogP contribution in [0.25, 0.3) is 21.5 Å². The number of aromatic amines is 1. The van der Waals surface area contributed by atoms with Crippen LogP contribution in [0.4, 0.5) is 27.1 Å². The Labute approximate surface area is 193 Å². The molecule has 4 aromatic rings. The molecule has 4 rings (SSSR count). The van der Waals surface area contributed by atoms with Crippen molar-refractivity contribution in [2.24, 2.45) is 7.05 Å². The van der Waals surface area contributed by atoms with Gasteiger partial charge >= 0.3 is 11.9 Å². The number of hydroxylamine groups is 1. The molecule has 0 fully saturated rings. The Morgan fingerprint density at radius 3 is 2.59 bits per heavy atom. The van der Waals surface area contributed by atoms with Crippen molar-refractivity contribution >= 4 is 43.9 Å². The number of thiophene rings is 1. The molecule has 3 aromatic heterocycles. The highest BCUT2D eigenvalue weighted by atomic mass is 32.1. The summed E-state index contributed by atoms with van der Waals surface area (Å²) in [4.78, 5) is 43.0. The van der Waals surface area contributed by atoms with Crippen LogP contribution in [-0.4, -0.2) is 20.4 Å². The lowest BCUT2D eigenvalue weighted by Gasteiger charge is -2.24. The number of fused-ring (bicyclic) bond motifs is 1. The zero-order valence-electron chi connectivity index (χ0n) is 16.7. The summed E-state index contributed by atoms with van der Waals surface area (Å²) < 4.78 is 67.6. The Morgan fingerprint density at radius 1 is 1.21 bits per heavy atom. The lowest BCUT2D eigenvalue weighted by molar-refractivity contribution is -0.142. The van der Waals surface area contributed by atoms with Gasteiger partial charge < -0.3 is 10.3 Å². The first-order valence-electron chi connectivity index (χ1n) is 9.10. The topological polar surface area (TPSA) is 111 Å². The third-order valence-corrected chi connectivity index (χ3v) is 6.55. The molecule has 15 heteroatoms. The average molecular weight is 517 g/mol. The van der Waals surface area contributed by atoms with Crippen molar-refractivity contribution < 1.29 is 26.7 Å². The summed E-state index contributed by atoms with van der Waals surface area (Å²) in [6.45, 7) is 0. The molecule has 0 unspecified atom stereocenters. The average Bonchev–Trinajstić information content (AvgIpc) is 3.38. The number of rotatable bonds is 4.